The van der Waals surface area contributed by atoms with Gasteiger partial charge in [-0.3, -0.25) is 4.79 Å². The van der Waals surface area contributed by atoms with E-state index in [-0.39, 0.29) is 13.0 Å². The molecule has 26 heavy (non-hydrogen) atoms. The maximum Gasteiger partial charge on any atom is 0.408 e. The predicted octanol–water partition coefficient (Wildman–Crippen LogP) is 1.67. The molecule has 2 rings (SSSR count). The van der Waals surface area contributed by atoms with Crippen LogP contribution in [-0.4, -0.2) is 41.3 Å². The molecular weight excluding hydrogens is 340 g/mol. The van der Waals surface area contributed by atoms with E-state index >= 15 is 0 Å². The second-order valence-electron chi connectivity index (χ2n) is 7.01. The van der Waals surface area contributed by atoms with Gasteiger partial charge in [-0.2, -0.15) is 0 Å². The van der Waals surface area contributed by atoms with E-state index in [2.05, 4.69) is 10.6 Å². The van der Waals surface area contributed by atoms with Crippen LogP contribution < -0.4 is 10.6 Å². The van der Waals surface area contributed by atoms with Crippen molar-refractivity contribution in [1.29, 1.82) is 0 Å². The van der Waals surface area contributed by atoms with Crippen LogP contribution in [0.5, 0.6) is 0 Å². The average molecular weight is 364 g/mol. The first-order valence-electron chi connectivity index (χ1n) is 8.36. The fourth-order valence-corrected chi connectivity index (χ4v) is 2.68. The van der Waals surface area contributed by atoms with Crippen LogP contribution in [0, 0.1) is 0 Å². The molecule has 3 N–H and O–H groups in total. The smallest absolute Gasteiger partial charge is 0.408 e. The van der Waals surface area contributed by atoms with Gasteiger partial charge in [-0.25, -0.2) is 9.59 Å². The highest BCUT2D eigenvalue weighted by molar-refractivity contribution is 6.05. The summed E-state index contributed by atoms with van der Waals surface area (Å²) in [6, 6.07) is 5.36. The Morgan fingerprint density at radius 3 is 2.58 bits per heavy atom. The van der Waals surface area contributed by atoms with Gasteiger partial charge >= 0.3 is 12.1 Å². The van der Waals surface area contributed by atoms with Gasteiger partial charge in [0.2, 0.25) is 0 Å². The van der Waals surface area contributed by atoms with E-state index in [0.29, 0.717) is 11.3 Å². The van der Waals surface area contributed by atoms with Gasteiger partial charge in [0, 0.05) is 17.7 Å². The highest BCUT2D eigenvalue weighted by Gasteiger charge is 2.48. The summed E-state index contributed by atoms with van der Waals surface area (Å²) in [6.45, 7) is 6.75. The second kappa shape index (κ2) is 7.33. The molecule has 0 aliphatic carbocycles. The molecule has 0 spiro atoms. The molecule has 1 aromatic rings. The Morgan fingerprint density at radius 2 is 1.96 bits per heavy atom. The minimum absolute atomic E-state index is 0.0898. The normalized spacial score (nSPS) is 20.0. The number of alkyl carbamates (subject to hydrolysis) is 1. The van der Waals surface area contributed by atoms with Crippen molar-refractivity contribution in [2.24, 2.45) is 0 Å². The molecule has 8 nitrogen and oxygen atoms in total. The first-order chi connectivity index (χ1) is 12.1. The third-order valence-corrected chi connectivity index (χ3v) is 3.76. The first-order valence-corrected chi connectivity index (χ1v) is 8.36. The van der Waals surface area contributed by atoms with E-state index < -0.39 is 35.2 Å². The number of carbonyl (C=O) groups excluding carboxylic acids is 3. The number of benzene rings is 1. The number of hydrogen-bond donors (Lipinski definition) is 3. The number of para-hydroxylation sites is 1. The summed E-state index contributed by atoms with van der Waals surface area (Å²) in [7, 11) is 0. The lowest BCUT2D eigenvalue weighted by atomic mass is 9.88. The quantitative estimate of drug-likeness (QED) is 0.685. The minimum Gasteiger partial charge on any atom is -0.464 e. The molecule has 2 unspecified atom stereocenters. The molecule has 0 radical (unpaired) electrons. The molecule has 1 aromatic carbocycles. The Morgan fingerprint density at radius 1 is 1.31 bits per heavy atom. The number of aliphatic hydroxyl groups is 1. The van der Waals surface area contributed by atoms with Crippen LogP contribution in [-0.2, 0) is 24.7 Å². The summed E-state index contributed by atoms with van der Waals surface area (Å²) in [5, 5.41) is 15.9. The van der Waals surface area contributed by atoms with Crippen molar-refractivity contribution in [3.05, 3.63) is 29.8 Å². The Hall–Kier alpha value is -2.61. The molecule has 1 aliphatic rings. The number of hydrogen-bond acceptors (Lipinski definition) is 6. The Kier molecular flexibility index (Phi) is 5.56. The highest BCUT2D eigenvalue weighted by atomic mass is 16.6. The summed E-state index contributed by atoms with van der Waals surface area (Å²) < 4.78 is 10.1. The van der Waals surface area contributed by atoms with Crippen LogP contribution in [0.2, 0.25) is 0 Å². The van der Waals surface area contributed by atoms with Gasteiger partial charge in [0.05, 0.1) is 6.61 Å². The lowest BCUT2D eigenvalue weighted by Crippen LogP contribution is -2.49. The van der Waals surface area contributed by atoms with Gasteiger partial charge in [0.1, 0.15) is 11.6 Å². The molecule has 2 amide bonds. The highest BCUT2D eigenvalue weighted by Crippen LogP contribution is 2.39. The lowest BCUT2D eigenvalue weighted by Gasteiger charge is -2.27. The van der Waals surface area contributed by atoms with E-state index in [9.17, 15) is 19.5 Å². The third kappa shape index (κ3) is 4.32. The number of carbonyl (C=O) groups is 3. The van der Waals surface area contributed by atoms with Crippen molar-refractivity contribution >= 4 is 23.7 Å². The van der Waals surface area contributed by atoms with Crippen LogP contribution >= 0.6 is 0 Å². The maximum absolute atomic E-state index is 12.3. The molecule has 0 fully saturated rings. The Bertz CT molecular complexity index is 712. The van der Waals surface area contributed by atoms with Crippen molar-refractivity contribution in [3.8, 4) is 0 Å². The number of fused-ring (bicyclic) bond motifs is 1. The van der Waals surface area contributed by atoms with Gasteiger partial charge in [0.15, 0.2) is 5.60 Å². The van der Waals surface area contributed by atoms with E-state index in [1.54, 1.807) is 52.0 Å². The fourth-order valence-electron chi connectivity index (χ4n) is 2.68. The van der Waals surface area contributed by atoms with Gasteiger partial charge in [-0.1, -0.05) is 18.2 Å². The molecule has 2 atom stereocenters. The topological polar surface area (TPSA) is 114 Å². The SMILES string of the molecule is CCOC(=O)C(CC1(O)C(=O)Nc2ccccc21)NC(=O)OC(C)(C)C. The molecule has 0 saturated heterocycles. The lowest BCUT2D eigenvalue weighted by molar-refractivity contribution is -0.149. The molecule has 142 valence electrons. The Labute approximate surface area is 151 Å². The second-order valence-corrected chi connectivity index (χ2v) is 7.01. The molecule has 1 heterocycles. The number of rotatable bonds is 5. The van der Waals surface area contributed by atoms with Crippen molar-refractivity contribution in [2.45, 2.75) is 51.4 Å². The fraction of sp³-hybridized carbons (Fsp3) is 0.500. The van der Waals surface area contributed by atoms with Gasteiger partial charge < -0.3 is 25.2 Å². The zero-order valence-corrected chi connectivity index (χ0v) is 15.3. The number of nitrogens with one attached hydrogen (secondary N) is 2. The van der Waals surface area contributed by atoms with Crippen LogP contribution in [0.4, 0.5) is 10.5 Å². The number of amides is 2. The van der Waals surface area contributed by atoms with Gasteiger partial charge in [-0.15, -0.1) is 0 Å². The van der Waals surface area contributed by atoms with E-state index in [4.69, 9.17) is 9.47 Å². The van der Waals surface area contributed by atoms with E-state index in [0.717, 1.165) is 0 Å². The predicted molar refractivity (Wildman–Crippen MR) is 93.4 cm³/mol. The van der Waals surface area contributed by atoms with Crippen molar-refractivity contribution < 1.29 is 29.0 Å². The largest absolute Gasteiger partial charge is 0.464 e. The summed E-state index contributed by atoms with van der Waals surface area (Å²) in [5.41, 5.74) is -1.94. The number of esters is 1. The first kappa shape index (κ1) is 19.7. The minimum atomic E-state index is -1.97. The molecular formula is C18H24N2O6. The van der Waals surface area contributed by atoms with Crippen LogP contribution in [0.1, 0.15) is 39.7 Å². The average Bonchev–Trinajstić information content (AvgIpc) is 2.77. The van der Waals surface area contributed by atoms with Crippen molar-refractivity contribution in [3.63, 3.8) is 0 Å². The zero-order valence-electron chi connectivity index (χ0n) is 15.3. The monoisotopic (exact) mass is 364 g/mol. The number of ether oxygens (including phenoxy) is 2. The molecule has 8 heteroatoms. The summed E-state index contributed by atoms with van der Waals surface area (Å²) >= 11 is 0. The Balaban J connectivity index is 2.25. The van der Waals surface area contributed by atoms with Crippen LogP contribution in [0.15, 0.2) is 24.3 Å². The maximum atomic E-state index is 12.3. The number of anilines is 1. The zero-order chi connectivity index (χ0) is 19.5. The third-order valence-electron chi connectivity index (χ3n) is 3.76. The molecule has 0 aromatic heterocycles. The molecule has 0 bridgehead atoms. The molecule has 0 saturated carbocycles. The van der Waals surface area contributed by atoms with Crippen molar-refractivity contribution in [1.82, 2.24) is 5.32 Å². The van der Waals surface area contributed by atoms with Crippen LogP contribution in [0.25, 0.3) is 0 Å². The molecule has 1 aliphatic heterocycles. The van der Waals surface area contributed by atoms with E-state index in [1.807, 2.05) is 0 Å². The standard InChI is InChI=1S/C18H24N2O6/c1-5-25-14(21)13(20-16(23)26-17(2,3)4)10-18(24)11-8-6-7-9-12(11)19-15(18)22/h6-9,13,24H,5,10H2,1-4H3,(H,19,22)(H,20,23). The van der Waals surface area contributed by atoms with Crippen LogP contribution in [0.3, 0.4) is 0 Å². The summed E-state index contributed by atoms with van der Waals surface area (Å²) in [5.74, 6) is -1.43. The van der Waals surface area contributed by atoms with E-state index in [1.165, 1.54) is 0 Å². The van der Waals surface area contributed by atoms with Gasteiger partial charge in [-0.05, 0) is 33.8 Å². The van der Waals surface area contributed by atoms with Gasteiger partial charge in [0.25, 0.3) is 5.91 Å². The summed E-state index contributed by atoms with van der Waals surface area (Å²) in [4.78, 5) is 36.6. The van der Waals surface area contributed by atoms with Crippen molar-refractivity contribution in [2.75, 3.05) is 11.9 Å². The summed E-state index contributed by atoms with van der Waals surface area (Å²) in [6.07, 6.45) is -1.22.